The second-order valence-corrected chi connectivity index (χ2v) is 11.6. The Bertz CT molecular complexity index is 1820. The monoisotopic (exact) mass is 573 g/mol. The Balaban J connectivity index is 1.46. The number of aryl methyl sites for hydroxylation is 2. The minimum atomic E-state index is -0.485. The molecule has 1 N–H and O–H groups in total. The molecule has 0 spiro atoms. The summed E-state index contributed by atoms with van der Waals surface area (Å²) in [6.45, 7) is 6.95. The summed E-state index contributed by atoms with van der Waals surface area (Å²) in [6, 6.07) is 8.85. The van der Waals surface area contributed by atoms with Crippen LogP contribution in [0.1, 0.15) is 36.9 Å². The van der Waals surface area contributed by atoms with E-state index in [1.807, 2.05) is 37.8 Å². The Hall–Kier alpha value is -3.82. The molecule has 8 nitrogen and oxygen atoms in total. The van der Waals surface area contributed by atoms with Crippen LogP contribution in [0, 0.1) is 18.7 Å². The van der Waals surface area contributed by atoms with E-state index in [9.17, 15) is 9.18 Å². The molecular weight excluding hydrogens is 541 g/mol. The van der Waals surface area contributed by atoms with Crippen molar-refractivity contribution in [2.45, 2.75) is 39.3 Å². The van der Waals surface area contributed by atoms with Crippen molar-refractivity contribution in [1.82, 2.24) is 29.2 Å². The first-order valence-electron chi connectivity index (χ1n) is 13.9. The van der Waals surface area contributed by atoms with Gasteiger partial charge in [0.05, 0.1) is 23.8 Å². The first-order valence-corrected chi connectivity index (χ1v) is 14.3. The second kappa shape index (κ2) is 10.9. The van der Waals surface area contributed by atoms with Gasteiger partial charge in [-0.2, -0.15) is 5.10 Å². The van der Waals surface area contributed by atoms with Gasteiger partial charge in [-0.25, -0.2) is 14.1 Å². The highest BCUT2D eigenvalue weighted by molar-refractivity contribution is 6.29. The number of hydrogen-bond acceptors (Lipinski definition) is 6. The number of fused-ring (bicyclic) bond motifs is 3. The summed E-state index contributed by atoms with van der Waals surface area (Å²) in [6.07, 6.45) is 6.80. The summed E-state index contributed by atoms with van der Waals surface area (Å²) in [5, 5.41) is 11.0. The molecule has 0 aliphatic carbocycles. The summed E-state index contributed by atoms with van der Waals surface area (Å²) in [5.41, 5.74) is 4.03. The Labute approximate surface area is 242 Å². The van der Waals surface area contributed by atoms with Gasteiger partial charge in [-0.05, 0) is 88.1 Å². The number of benzene rings is 1. The van der Waals surface area contributed by atoms with Gasteiger partial charge in [0.15, 0.2) is 5.82 Å². The van der Waals surface area contributed by atoms with E-state index in [0.29, 0.717) is 28.2 Å². The van der Waals surface area contributed by atoms with Crippen LogP contribution in [0.5, 0.6) is 0 Å². The average Bonchev–Trinajstić information content (AvgIpc) is 3.37. The third-order valence-electron chi connectivity index (χ3n) is 8.24. The van der Waals surface area contributed by atoms with Crippen LogP contribution in [0.25, 0.3) is 33.1 Å². The molecule has 1 aromatic carbocycles. The summed E-state index contributed by atoms with van der Waals surface area (Å²) in [5.74, 6) is 0.0313. The Morgan fingerprint density at radius 1 is 1.12 bits per heavy atom. The Morgan fingerprint density at radius 3 is 2.66 bits per heavy atom. The van der Waals surface area contributed by atoms with Crippen LogP contribution < -0.4 is 10.9 Å². The molecule has 1 saturated heterocycles. The molecule has 1 fully saturated rings. The number of nitrogens with zero attached hydrogens (tertiary/aromatic N) is 6. The van der Waals surface area contributed by atoms with E-state index in [2.05, 4.69) is 33.3 Å². The molecule has 1 atom stereocenters. The van der Waals surface area contributed by atoms with E-state index in [-0.39, 0.29) is 16.8 Å². The zero-order valence-electron chi connectivity index (χ0n) is 23.7. The number of halogens is 2. The topological polar surface area (TPSA) is 80.9 Å². The first-order chi connectivity index (χ1) is 19.7. The third-order valence-corrected chi connectivity index (χ3v) is 8.45. The van der Waals surface area contributed by atoms with Gasteiger partial charge < -0.3 is 10.2 Å². The van der Waals surface area contributed by atoms with Crippen LogP contribution in [0.4, 0.5) is 10.1 Å². The lowest BCUT2D eigenvalue weighted by Crippen LogP contribution is -2.32. The molecule has 0 amide bonds. The number of piperidine rings is 1. The smallest absolute Gasteiger partial charge is 0.259 e. The molecule has 10 heteroatoms. The molecule has 41 heavy (non-hydrogen) atoms. The summed E-state index contributed by atoms with van der Waals surface area (Å²) in [4.78, 5) is 24.4. The van der Waals surface area contributed by atoms with E-state index >= 15 is 0 Å². The minimum Gasteiger partial charge on any atom is -0.377 e. The molecular formula is C31H33ClFN7O. The molecule has 0 radical (unpaired) electrons. The quantitative estimate of drug-likeness (QED) is 0.252. The van der Waals surface area contributed by atoms with Crippen LogP contribution in [0.3, 0.4) is 0 Å². The largest absolute Gasteiger partial charge is 0.377 e. The predicted molar refractivity (Wildman–Crippen MR) is 162 cm³/mol. The summed E-state index contributed by atoms with van der Waals surface area (Å²) in [7, 11) is 3.99. The van der Waals surface area contributed by atoms with E-state index < -0.39 is 5.82 Å². The van der Waals surface area contributed by atoms with Crippen LogP contribution in [-0.4, -0.2) is 49.4 Å². The van der Waals surface area contributed by atoms with Crippen LogP contribution in [0.15, 0.2) is 53.7 Å². The van der Waals surface area contributed by atoms with Gasteiger partial charge >= 0.3 is 0 Å². The molecule has 5 heterocycles. The zero-order chi connectivity index (χ0) is 28.8. The number of anilines is 1. The van der Waals surface area contributed by atoms with Crippen molar-refractivity contribution in [1.29, 1.82) is 0 Å². The highest BCUT2D eigenvalue weighted by atomic mass is 35.5. The first kappa shape index (κ1) is 27.4. The van der Waals surface area contributed by atoms with Crippen molar-refractivity contribution in [2.75, 3.05) is 25.5 Å². The molecule has 0 bridgehead atoms. The molecule has 212 valence electrons. The van der Waals surface area contributed by atoms with E-state index in [1.54, 1.807) is 22.8 Å². The van der Waals surface area contributed by atoms with Gasteiger partial charge in [-0.3, -0.25) is 14.3 Å². The molecule has 0 saturated carbocycles. The molecule has 1 aliphatic rings. The van der Waals surface area contributed by atoms with E-state index in [0.717, 1.165) is 66.2 Å². The fourth-order valence-corrected chi connectivity index (χ4v) is 6.22. The van der Waals surface area contributed by atoms with E-state index in [4.69, 9.17) is 16.7 Å². The summed E-state index contributed by atoms with van der Waals surface area (Å²) < 4.78 is 18.5. The zero-order valence-corrected chi connectivity index (χ0v) is 24.4. The highest BCUT2D eigenvalue weighted by Gasteiger charge is 2.23. The number of pyridine rings is 3. The number of hydrogen-bond donors (Lipinski definition) is 1. The van der Waals surface area contributed by atoms with Gasteiger partial charge in [0.2, 0.25) is 0 Å². The van der Waals surface area contributed by atoms with Gasteiger partial charge in [-0.1, -0.05) is 17.7 Å². The third kappa shape index (κ3) is 5.08. The molecule has 6 rings (SSSR count). The van der Waals surface area contributed by atoms with Gasteiger partial charge in [0.25, 0.3) is 5.56 Å². The predicted octanol–water partition coefficient (Wildman–Crippen LogP) is 5.96. The van der Waals surface area contributed by atoms with Crippen LogP contribution in [0.2, 0.25) is 5.15 Å². The minimum absolute atomic E-state index is 0.0533. The Morgan fingerprint density at radius 2 is 1.90 bits per heavy atom. The number of aromatic nitrogens is 5. The average molecular weight is 574 g/mol. The van der Waals surface area contributed by atoms with Crippen LogP contribution in [-0.2, 0) is 13.6 Å². The number of nitrogens with one attached hydrogen (secondary N) is 1. The lowest BCUT2D eigenvalue weighted by Gasteiger charge is -2.29. The van der Waals surface area contributed by atoms with Crippen molar-refractivity contribution in [3.8, 4) is 11.3 Å². The maximum absolute atomic E-state index is 14.7. The molecule has 4 aromatic heterocycles. The standard InChI is InChI=1S/C31H33ClFN7O/c1-18-13-22(19(2)36-26-5-6-27(32)37-29(26)21-7-10-34-16-25(21)33)28-23(14-18)31(41)39(4)30-24(28)15-35-40(30)17-20-8-11-38(3)12-9-20/h5-7,10,13-16,19-20,36H,8-9,11-12,17H2,1-4H3. The van der Waals surface area contributed by atoms with Gasteiger partial charge in [0.1, 0.15) is 10.8 Å². The second-order valence-electron chi connectivity index (χ2n) is 11.2. The van der Waals surface area contributed by atoms with Crippen molar-refractivity contribution in [3.63, 3.8) is 0 Å². The maximum Gasteiger partial charge on any atom is 0.259 e. The van der Waals surface area contributed by atoms with Gasteiger partial charge in [-0.15, -0.1) is 0 Å². The highest BCUT2D eigenvalue weighted by Crippen LogP contribution is 2.36. The maximum atomic E-state index is 14.7. The van der Waals surface area contributed by atoms with Gasteiger partial charge in [0, 0.05) is 47.6 Å². The normalized spacial score (nSPS) is 15.6. The lowest BCUT2D eigenvalue weighted by atomic mass is 9.95. The molecule has 1 unspecified atom stereocenters. The fraction of sp³-hybridized carbons (Fsp3) is 0.355. The van der Waals surface area contributed by atoms with E-state index in [1.165, 1.54) is 6.20 Å². The SMILES string of the molecule is Cc1cc(C(C)Nc2ccc(Cl)nc2-c2ccncc2F)c2c(c1)c(=O)n(C)c1c2cnn1CC1CCN(C)CC1. The van der Waals surface area contributed by atoms with Crippen molar-refractivity contribution < 1.29 is 4.39 Å². The van der Waals surface area contributed by atoms with Crippen molar-refractivity contribution >= 4 is 39.1 Å². The molecule has 1 aliphatic heterocycles. The van der Waals surface area contributed by atoms with Crippen molar-refractivity contribution in [2.24, 2.45) is 13.0 Å². The lowest BCUT2D eigenvalue weighted by molar-refractivity contribution is 0.202. The fourth-order valence-electron chi connectivity index (χ4n) is 6.07. The number of likely N-dealkylation sites (tertiary alicyclic amines) is 1. The summed E-state index contributed by atoms with van der Waals surface area (Å²) >= 11 is 6.22. The Kier molecular flexibility index (Phi) is 7.25. The van der Waals surface area contributed by atoms with Crippen LogP contribution >= 0.6 is 11.6 Å². The van der Waals surface area contributed by atoms with Crippen molar-refractivity contribution in [3.05, 3.63) is 81.4 Å². The number of rotatable bonds is 6. The molecule has 5 aromatic rings.